The van der Waals surface area contributed by atoms with Crippen LogP contribution < -0.4 is 10.6 Å². The average molecular weight is 248 g/mol. The summed E-state index contributed by atoms with van der Waals surface area (Å²) in [4.78, 5) is 22.6. The van der Waals surface area contributed by atoms with E-state index in [1.807, 2.05) is 24.3 Å². The molecule has 0 radical (unpaired) electrons. The molecule has 0 aromatic heterocycles. The lowest BCUT2D eigenvalue weighted by atomic mass is 9.95. The van der Waals surface area contributed by atoms with Crippen LogP contribution in [0, 0.1) is 0 Å². The Bertz CT molecular complexity index is 473. The van der Waals surface area contributed by atoms with Crippen molar-refractivity contribution < 1.29 is 14.7 Å². The van der Waals surface area contributed by atoms with Crippen molar-refractivity contribution in [1.82, 2.24) is 10.6 Å². The molecule has 1 heterocycles. The molecule has 1 aromatic carbocycles. The van der Waals surface area contributed by atoms with Gasteiger partial charge in [-0.2, -0.15) is 0 Å². The number of benzene rings is 1. The molecule has 1 aliphatic rings. The number of carbonyl (C=O) groups excluding carboxylic acids is 1. The molecule has 0 saturated carbocycles. The number of carboxylic acids is 1. The van der Waals surface area contributed by atoms with Gasteiger partial charge in [-0.1, -0.05) is 24.3 Å². The standard InChI is InChI=1S/C13H16N2O3/c1-8(13(17)18)15-12(16)11-6-9-4-2-3-5-10(9)7-14-11/h2-5,8,11,14H,6-7H2,1H3,(H,15,16)(H,17,18)/t8-,11+/m0/s1. The van der Waals surface area contributed by atoms with Crippen LogP contribution in [-0.4, -0.2) is 29.1 Å². The van der Waals surface area contributed by atoms with E-state index in [0.29, 0.717) is 13.0 Å². The van der Waals surface area contributed by atoms with E-state index in [-0.39, 0.29) is 11.9 Å². The molecular weight excluding hydrogens is 232 g/mol. The van der Waals surface area contributed by atoms with E-state index in [9.17, 15) is 9.59 Å². The van der Waals surface area contributed by atoms with Gasteiger partial charge < -0.3 is 15.7 Å². The number of fused-ring (bicyclic) bond motifs is 1. The molecule has 1 aliphatic heterocycles. The molecule has 0 saturated heterocycles. The Hall–Kier alpha value is -1.88. The predicted octanol–water partition coefficient (Wildman–Crippen LogP) is 0.290. The number of amides is 1. The highest BCUT2D eigenvalue weighted by Gasteiger charge is 2.25. The van der Waals surface area contributed by atoms with Crippen LogP contribution in [0.1, 0.15) is 18.1 Å². The summed E-state index contributed by atoms with van der Waals surface area (Å²) < 4.78 is 0. The SMILES string of the molecule is C[C@H](NC(=O)[C@H]1Cc2ccccc2CN1)C(=O)O. The molecule has 0 unspecified atom stereocenters. The Labute approximate surface area is 105 Å². The van der Waals surface area contributed by atoms with Gasteiger partial charge in [0.1, 0.15) is 6.04 Å². The molecule has 2 atom stereocenters. The van der Waals surface area contributed by atoms with E-state index in [4.69, 9.17) is 5.11 Å². The van der Waals surface area contributed by atoms with Crippen molar-refractivity contribution in [2.24, 2.45) is 0 Å². The van der Waals surface area contributed by atoms with Gasteiger partial charge in [0.2, 0.25) is 5.91 Å². The van der Waals surface area contributed by atoms with Crippen molar-refractivity contribution in [2.75, 3.05) is 0 Å². The normalized spacial score (nSPS) is 19.7. The number of aliphatic carboxylic acids is 1. The molecule has 1 amide bonds. The predicted molar refractivity (Wildman–Crippen MR) is 66.0 cm³/mol. The lowest BCUT2D eigenvalue weighted by Gasteiger charge is -2.26. The van der Waals surface area contributed by atoms with Gasteiger partial charge in [0.15, 0.2) is 0 Å². The van der Waals surface area contributed by atoms with Crippen LogP contribution >= 0.6 is 0 Å². The molecule has 0 aliphatic carbocycles. The number of hydrogen-bond donors (Lipinski definition) is 3. The second kappa shape index (κ2) is 5.18. The monoisotopic (exact) mass is 248 g/mol. The second-order valence-electron chi connectivity index (χ2n) is 4.47. The highest BCUT2D eigenvalue weighted by atomic mass is 16.4. The lowest BCUT2D eigenvalue weighted by Crippen LogP contribution is -2.51. The molecule has 3 N–H and O–H groups in total. The number of rotatable bonds is 3. The Balaban J connectivity index is 2.00. The summed E-state index contributed by atoms with van der Waals surface area (Å²) in [5.41, 5.74) is 2.33. The van der Waals surface area contributed by atoms with Crippen LogP contribution in [0.4, 0.5) is 0 Å². The summed E-state index contributed by atoms with van der Waals surface area (Å²) >= 11 is 0. The van der Waals surface area contributed by atoms with Crippen LogP contribution in [0.15, 0.2) is 24.3 Å². The zero-order valence-corrected chi connectivity index (χ0v) is 10.1. The van der Waals surface area contributed by atoms with Crippen molar-refractivity contribution in [1.29, 1.82) is 0 Å². The topological polar surface area (TPSA) is 78.4 Å². The van der Waals surface area contributed by atoms with E-state index in [2.05, 4.69) is 10.6 Å². The van der Waals surface area contributed by atoms with Crippen LogP contribution in [0.2, 0.25) is 0 Å². The number of nitrogens with one attached hydrogen (secondary N) is 2. The summed E-state index contributed by atoms with van der Waals surface area (Å²) in [5, 5.41) is 14.3. The van der Waals surface area contributed by atoms with Crippen LogP contribution in [0.5, 0.6) is 0 Å². The third kappa shape index (κ3) is 2.68. The van der Waals surface area contributed by atoms with Gasteiger partial charge in [-0.15, -0.1) is 0 Å². The highest BCUT2D eigenvalue weighted by molar-refractivity contribution is 5.87. The molecule has 18 heavy (non-hydrogen) atoms. The summed E-state index contributed by atoms with van der Waals surface area (Å²) in [5.74, 6) is -1.29. The minimum atomic E-state index is -1.03. The smallest absolute Gasteiger partial charge is 0.325 e. The van der Waals surface area contributed by atoms with Crippen LogP contribution in [0.3, 0.4) is 0 Å². The van der Waals surface area contributed by atoms with E-state index in [1.54, 1.807) is 0 Å². The Kier molecular flexibility index (Phi) is 3.62. The summed E-state index contributed by atoms with van der Waals surface area (Å²) in [7, 11) is 0. The first kappa shape index (κ1) is 12.6. The van der Waals surface area contributed by atoms with Gasteiger partial charge in [0.05, 0.1) is 6.04 Å². The third-order valence-electron chi connectivity index (χ3n) is 3.13. The fourth-order valence-electron chi connectivity index (χ4n) is 2.02. The molecule has 96 valence electrons. The van der Waals surface area contributed by atoms with E-state index < -0.39 is 12.0 Å². The molecule has 0 spiro atoms. The molecular formula is C13H16N2O3. The number of hydrogen-bond acceptors (Lipinski definition) is 3. The maximum Gasteiger partial charge on any atom is 0.325 e. The van der Waals surface area contributed by atoms with Gasteiger partial charge in [-0.3, -0.25) is 9.59 Å². The van der Waals surface area contributed by atoms with Crippen LogP contribution in [-0.2, 0) is 22.6 Å². The van der Waals surface area contributed by atoms with Crippen LogP contribution in [0.25, 0.3) is 0 Å². The largest absolute Gasteiger partial charge is 0.480 e. The van der Waals surface area contributed by atoms with E-state index >= 15 is 0 Å². The highest BCUT2D eigenvalue weighted by Crippen LogP contribution is 2.16. The molecule has 0 fully saturated rings. The Morgan fingerprint density at radius 2 is 2.06 bits per heavy atom. The van der Waals surface area contributed by atoms with Crippen molar-refractivity contribution in [3.05, 3.63) is 35.4 Å². The number of carbonyl (C=O) groups is 2. The van der Waals surface area contributed by atoms with E-state index in [0.717, 1.165) is 5.56 Å². The first-order valence-electron chi connectivity index (χ1n) is 5.91. The van der Waals surface area contributed by atoms with Gasteiger partial charge >= 0.3 is 5.97 Å². The molecule has 2 rings (SSSR count). The van der Waals surface area contributed by atoms with Crippen molar-refractivity contribution in [3.63, 3.8) is 0 Å². The Morgan fingerprint density at radius 3 is 2.72 bits per heavy atom. The maximum atomic E-state index is 11.9. The molecule has 0 bridgehead atoms. The maximum absolute atomic E-state index is 11.9. The van der Waals surface area contributed by atoms with Gasteiger partial charge in [0.25, 0.3) is 0 Å². The molecule has 5 nitrogen and oxygen atoms in total. The molecule has 5 heteroatoms. The second-order valence-corrected chi connectivity index (χ2v) is 4.47. The minimum Gasteiger partial charge on any atom is -0.480 e. The summed E-state index contributed by atoms with van der Waals surface area (Å²) in [6.07, 6.45) is 0.592. The van der Waals surface area contributed by atoms with Gasteiger partial charge in [-0.25, -0.2) is 0 Å². The minimum absolute atomic E-state index is 0.264. The Morgan fingerprint density at radius 1 is 1.39 bits per heavy atom. The van der Waals surface area contributed by atoms with Crippen molar-refractivity contribution >= 4 is 11.9 Å². The third-order valence-corrected chi connectivity index (χ3v) is 3.13. The zero-order chi connectivity index (χ0) is 13.1. The first-order chi connectivity index (χ1) is 8.58. The fraction of sp³-hybridized carbons (Fsp3) is 0.385. The first-order valence-corrected chi connectivity index (χ1v) is 5.91. The van der Waals surface area contributed by atoms with Gasteiger partial charge in [0, 0.05) is 6.54 Å². The van der Waals surface area contributed by atoms with E-state index in [1.165, 1.54) is 12.5 Å². The zero-order valence-electron chi connectivity index (χ0n) is 10.1. The summed E-state index contributed by atoms with van der Waals surface area (Å²) in [6.45, 7) is 2.09. The van der Waals surface area contributed by atoms with Crippen molar-refractivity contribution in [3.8, 4) is 0 Å². The summed E-state index contributed by atoms with van der Waals surface area (Å²) in [6, 6.07) is 6.71. The number of carboxylic acid groups (broad SMARTS) is 1. The van der Waals surface area contributed by atoms with Gasteiger partial charge in [-0.05, 0) is 24.5 Å². The lowest BCUT2D eigenvalue weighted by molar-refractivity contribution is -0.141. The van der Waals surface area contributed by atoms with Crippen molar-refractivity contribution in [2.45, 2.75) is 32.0 Å². The average Bonchev–Trinajstić information content (AvgIpc) is 2.37. The fourth-order valence-corrected chi connectivity index (χ4v) is 2.02. The quantitative estimate of drug-likeness (QED) is 0.718. The molecule has 1 aromatic rings.